The van der Waals surface area contributed by atoms with Crippen LogP contribution in [0.15, 0.2) is 0 Å². The predicted octanol–water partition coefficient (Wildman–Crippen LogP) is 1.46. The van der Waals surface area contributed by atoms with Crippen molar-refractivity contribution in [3.8, 4) is 0 Å². The monoisotopic (exact) mass is 158 g/mol. The summed E-state index contributed by atoms with van der Waals surface area (Å²) in [6.45, 7) is 8.45. The van der Waals surface area contributed by atoms with Crippen molar-refractivity contribution in [2.45, 2.75) is 39.2 Å². The first-order valence-electron chi connectivity index (χ1n) is 4.58. The second-order valence-electron chi connectivity index (χ2n) is 3.15. The quantitative estimate of drug-likeness (QED) is 0.656. The average Bonchev–Trinajstić information content (AvgIpc) is 2.08. The first-order chi connectivity index (χ1) is 5.16. The van der Waals surface area contributed by atoms with Gasteiger partial charge in [0, 0.05) is 12.1 Å². The molecule has 0 bridgehead atoms. The van der Waals surface area contributed by atoms with Crippen molar-refractivity contribution in [3.05, 3.63) is 0 Å². The topological polar surface area (TPSA) is 29.3 Å². The lowest BCUT2D eigenvalue weighted by Gasteiger charge is -2.39. The van der Waals surface area contributed by atoms with Crippen molar-refractivity contribution in [2.24, 2.45) is 5.73 Å². The van der Waals surface area contributed by atoms with Crippen molar-refractivity contribution >= 4 is 0 Å². The molecule has 0 aromatic heterocycles. The third-order valence-corrected chi connectivity index (χ3v) is 2.98. The summed E-state index contributed by atoms with van der Waals surface area (Å²) >= 11 is 0. The molecule has 0 spiro atoms. The molecular formula is C9H22N2. The van der Waals surface area contributed by atoms with Crippen LogP contribution < -0.4 is 5.73 Å². The minimum absolute atomic E-state index is 0.245. The van der Waals surface area contributed by atoms with Gasteiger partial charge in [-0.2, -0.15) is 0 Å². The maximum atomic E-state index is 5.76. The molecule has 0 saturated heterocycles. The molecule has 2 heteroatoms. The molecule has 11 heavy (non-hydrogen) atoms. The van der Waals surface area contributed by atoms with Crippen LogP contribution in [-0.4, -0.2) is 30.6 Å². The highest BCUT2D eigenvalue weighted by molar-refractivity contribution is 4.86. The molecule has 0 fully saturated rings. The summed E-state index contributed by atoms with van der Waals surface area (Å²) in [6, 6.07) is 0. The molecule has 0 radical (unpaired) electrons. The van der Waals surface area contributed by atoms with Crippen LogP contribution >= 0.6 is 0 Å². The van der Waals surface area contributed by atoms with E-state index < -0.39 is 0 Å². The predicted molar refractivity (Wildman–Crippen MR) is 50.7 cm³/mol. The van der Waals surface area contributed by atoms with E-state index in [1.54, 1.807) is 0 Å². The second kappa shape index (κ2) is 4.73. The fourth-order valence-corrected chi connectivity index (χ4v) is 1.57. The van der Waals surface area contributed by atoms with Crippen LogP contribution in [0.4, 0.5) is 0 Å². The van der Waals surface area contributed by atoms with Crippen LogP contribution in [0.5, 0.6) is 0 Å². The molecule has 2 N–H and O–H groups in total. The van der Waals surface area contributed by atoms with Crippen molar-refractivity contribution < 1.29 is 0 Å². The fourth-order valence-electron chi connectivity index (χ4n) is 1.57. The first kappa shape index (κ1) is 10.9. The van der Waals surface area contributed by atoms with Gasteiger partial charge in [0.25, 0.3) is 0 Å². The number of nitrogens with zero attached hydrogens (tertiary/aromatic N) is 1. The third-order valence-electron chi connectivity index (χ3n) is 2.98. The van der Waals surface area contributed by atoms with Gasteiger partial charge in [-0.1, -0.05) is 20.8 Å². The molecule has 0 rings (SSSR count). The third kappa shape index (κ3) is 2.17. The smallest absolute Gasteiger partial charge is 0.0323 e. The standard InChI is InChI=1S/C9H22N2/c1-5-9(6-2,8-10)11(4)7-3/h5-8,10H2,1-4H3. The molecule has 0 aromatic carbocycles. The normalized spacial score (nSPS) is 12.5. The highest BCUT2D eigenvalue weighted by atomic mass is 15.2. The summed E-state index contributed by atoms with van der Waals surface area (Å²) in [4.78, 5) is 2.35. The number of nitrogens with two attached hydrogens (primary N) is 1. The molecule has 68 valence electrons. The van der Waals surface area contributed by atoms with Gasteiger partial charge in [-0.3, -0.25) is 4.90 Å². The SMILES string of the molecule is CCN(C)C(CC)(CC)CN. The Kier molecular flexibility index (Phi) is 4.69. The van der Waals surface area contributed by atoms with Gasteiger partial charge in [-0.25, -0.2) is 0 Å². The van der Waals surface area contributed by atoms with Gasteiger partial charge in [0.05, 0.1) is 0 Å². The van der Waals surface area contributed by atoms with Gasteiger partial charge in [-0.15, -0.1) is 0 Å². The van der Waals surface area contributed by atoms with E-state index in [-0.39, 0.29) is 5.54 Å². The van der Waals surface area contributed by atoms with Gasteiger partial charge in [0.1, 0.15) is 0 Å². The summed E-state index contributed by atoms with van der Waals surface area (Å²) in [5.74, 6) is 0. The molecular weight excluding hydrogens is 136 g/mol. The van der Waals surface area contributed by atoms with Crippen LogP contribution in [0, 0.1) is 0 Å². The van der Waals surface area contributed by atoms with Gasteiger partial charge in [0.2, 0.25) is 0 Å². The number of likely N-dealkylation sites (N-methyl/N-ethyl adjacent to an activating group) is 1. The zero-order valence-electron chi connectivity index (χ0n) is 8.35. The zero-order valence-corrected chi connectivity index (χ0v) is 8.35. The Bertz CT molecular complexity index is 89.5. The highest BCUT2D eigenvalue weighted by Gasteiger charge is 2.27. The van der Waals surface area contributed by atoms with Gasteiger partial charge in [0.15, 0.2) is 0 Å². The Hall–Kier alpha value is -0.0800. The summed E-state index contributed by atoms with van der Waals surface area (Å²) in [7, 11) is 2.15. The van der Waals surface area contributed by atoms with E-state index in [1.165, 1.54) is 0 Å². The van der Waals surface area contributed by atoms with Crippen LogP contribution in [-0.2, 0) is 0 Å². The maximum Gasteiger partial charge on any atom is 0.0323 e. The van der Waals surface area contributed by atoms with E-state index >= 15 is 0 Å². The molecule has 0 aliphatic carbocycles. The molecule has 0 saturated carbocycles. The summed E-state index contributed by atoms with van der Waals surface area (Å²) in [5, 5.41) is 0. The molecule has 2 nitrogen and oxygen atoms in total. The largest absolute Gasteiger partial charge is 0.329 e. The average molecular weight is 158 g/mol. The Labute approximate surface area is 70.8 Å². The molecule has 0 amide bonds. The van der Waals surface area contributed by atoms with Crippen LogP contribution in [0.2, 0.25) is 0 Å². The number of hydrogen-bond donors (Lipinski definition) is 1. The Balaban J connectivity index is 4.26. The van der Waals surface area contributed by atoms with E-state index in [0.29, 0.717) is 0 Å². The molecule has 0 aliphatic rings. The van der Waals surface area contributed by atoms with Crippen molar-refractivity contribution in [1.82, 2.24) is 4.90 Å². The molecule has 0 atom stereocenters. The second-order valence-corrected chi connectivity index (χ2v) is 3.15. The van der Waals surface area contributed by atoms with E-state index in [1.807, 2.05) is 0 Å². The maximum absolute atomic E-state index is 5.76. The first-order valence-corrected chi connectivity index (χ1v) is 4.58. The van der Waals surface area contributed by atoms with Crippen molar-refractivity contribution in [3.63, 3.8) is 0 Å². The van der Waals surface area contributed by atoms with Crippen LogP contribution in [0.3, 0.4) is 0 Å². The lowest BCUT2D eigenvalue weighted by Crippen LogP contribution is -2.51. The number of hydrogen-bond acceptors (Lipinski definition) is 2. The number of rotatable bonds is 5. The van der Waals surface area contributed by atoms with Crippen molar-refractivity contribution in [2.75, 3.05) is 20.1 Å². The molecule has 0 heterocycles. The summed E-state index contributed by atoms with van der Waals surface area (Å²) < 4.78 is 0. The van der Waals surface area contributed by atoms with E-state index in [0.717, 1.165) is 25.9 Å². The van der Waals surface area contributed by atoms with Gasteiger partial charge in [-0.05, 0) is 26.4 Å². The Morgan fingerprint density at radius 3 is 1.73 bits per heavy atom. The lowest BCUT2D eigenvalue weighted by molar-refractivity contribution is 0.122. The van der Waals surface area contributed by atoms with Crippen molar-refractivity contribution in [1.29, 1.82) is 0 Å². The highest BCUT2D eigenvalue weighted by Crippen LogP contribution is 2.20. The Morgan fingerprint density at radius 1 is 1.18 bits per heavy atom. The minimum Gasteiger partial charge on any atom is -0.329 e. The Morgan fingerprint density at radius 2 is 1.64 bits per heavy atom. The van der Waals surface area contributed by atoms with Crippen LogP contribution in [0.25, 0.3) is 0 Å². The lowest BCUT2D eigenvalue weighted by atomic mass is 9.91. The van der Waals surface area contributed by atoms with Crippen LogP contribution in [0.1, 0.15) is 33.6 Å². The van der Waals surface area contributed by atoms with Gasteiger partial charge >= 0.3 is 0 Å². The summed E-state index contributed by atoms with van der Waals surface area (Å²) in [6.07, 6.45) is 2.29. The minimum atomic E-state index is 0.245. The van der Waals surface area contributed by atoms with E-state index in [9.17, 15) is 0 Å². The fraction of sp³-hybridized carbons (Fsp3) is 1.00. The summed E-state index contributed by atoms with van der Waals surface area (Å²) in [5.41, 5.74) is 6.01. The molecule has 0 aromatic rings. The van der Waals surface area contributed by atoms with E-state index in [2.05, 4.69) is 32.7 Å². The molecule has 0 unspecified atom stereocenters. The zero-order chi connectivity index (χ0) is 8.91. The van der Waals surface area contributed by atoms with E-state index in [4.69, 9.17) is 5.73 Å². The molecule has 0 aliphatic heterocycles. The van der Waals surface area contributed by atoms with Gasteiger partial charge < -0.3 is 5.73 Å².